The summed E-state index contributed by atoms with van der Waals surface area (Å²) in [5, 5.41) is 17.8. The van der Waals surface area contributed by atoms with Crippen molar-refractivity contribution in [3.63, 3.8) is 0 Å². The van der Waals surface area contributed by atoms with Crippen molar-refractivity contribution in [3.8, 4) is 5.75 Å². The van der Waals surface area contributed by atoms with Crippen molar-refractivity contribution in [1.82, 2.24) is 4.98 Å². The molecule has 0 radical (unpaired) electrons. The summed E-state index contributed by atoms with van der Waals surface area (Å²) in [6.45, 7) is 1.31. The second-order valence-corrected chi connectivity index (χ2v) is 3.00. The Morgan fingerprint density at radius 1 is 1.60 bits per heavy atom. The topological polar surface area (TPSA) is 70.4 Å². The fourth-order valence-corrected chi connectivity index (χ4v) is 1.25. The van der Waals surface area contributed by atoms with E-state index in [-0.39, 0.29) is 16.9 Å². The summed E-state index contributed by atoms with van der Waals surface area (Å²) in [6, 6.07) is 0. The smallest absolute Gasteiger partial charge is 0.307 e. The molecular weight excluding hydrogens is 208 g/mol. The minimum absolute atomic E-state index is 0.0206. The molecule has 82 valence electrons. The van der Waals surface area contributed by atoms with E-state index in [4.69, 9.17) is 5.11 Å². The minimum Gasteiger partial charge on any atom is -0.506 e. The van der Waals surface area contributed by atoms with E-state index in [1.165, 1.54) is 6.92 Å². The highest BCUT2D eigenvalue weighted by atomic mass is 19.3. The summed E-state index contributed by atoms with van der Waals surface area (Å²) in [5.41, 5.74) is -0.496. The van der Waals surface area contributed by atoms with Crippen LogP contribution >= 0.6 is 0 Å². The highest BCUT2D eigenvalue weighted by molar-refractivity contribution is 5.72. The molecule has 0 unspecified atom stereocenters. The second-order valence-electron chi connectivity index (χ2n) is 3.00. The van der Waals surface area contributed by atoms with Crippen LogP contribution in [0, 0.1) is 6.92 Å². The average molecular weight is 217 g/mol. The average Bonchev–Trinajstić information content (AvgIpc) is 2.11. The van der Waals surface area contributed by atoms with Gasteiger partial charge in [0.25, 0.3) is 6.43 Å². The van der Waals surface area contributed by atoms with Crippen LogP contribution in [-0.2, 0) is 11.2 Å². The van der Waals surface area contributed by atoms with Crippen LogP contribution in [0.15, 0.2) is 6.20 Å². The first-order valence-corrected chi connectivity index (χ1v) is 4.10. The Morgan fingerprint density at radius 2 is 2.20 bits per heavy atom. The van der Waals surface area contributed by atoms with Gasteiger partial charge in [0.2, 0.25) is 0 Å². The lowest BCUT2D eigenvalue weighted by Gasteiger charge is -2.09. The van der Waals surface area contributed by atoms with Crippen molar-refractivity contribution in [1.29, 1.82) is 0 Å². The van der Waals surface area contributed by atoms with Crippen LogP contribution in [0.25, 0.3) is 0 Å². The number of hydrogen-bond donors (Lipinski definition) is 2. The Balaban J connectivity index is 3.23. The lowest BCUT2D eigenvalue weighted by molar-refractivity contribution is -0.136. The number of hydrogen-bond acceptors (Lipinski definition) is 3. The van der Waals surface area contributed by atoms with Gasteiger partial charge in [0.05, 0.1) is 12.6 Å². The molecule has 0 fully saturated rings. The van der Waals surface area contributed by atoms with Gasteiger partial charge in [0.1, 0.15) is 11.4 Å². The molecule has 0 aliphatic carbocycles. The number of carbonyl (C=O) groups is 1. The quantitative estimate of drug-likeness (QED) is 0.807. The van der Waals surface area contributed by atoms with Crippen LogP contribution in [0.5, 0.6) is 5.75 Å². The largest absolute Gasteiger partial charge is 0.506 e. The zero-order valence-electron chi connectivity index (χ0n) is 7.87. The maximum absolute atomic E-state index is 12.4. The van der Waals surface area contributed by atoms with E-state index in [0.29, 0.717) is 0 Å². The fourth-order valence-electron chi connectivity index (χ4n) is 1.25. The third kappa shape index (κ3) is 2.39. The maximum atomic E-state index is 12.4. The van der Waals surface area contributed by atoms with Gasteiger partial charge in [-0.2, -0.15) is 0 Å². The number of halogens is 2. The maximum Gasteiger partial charge on any atom is 0.307 e. The molecule has 0 spiro atoms. The number of aliphatic carboxylic acids is 1. The zero-order valence-corrected chi connectivity index (χ0v) is 7.87. The number of carboxylic acid groups (broad SMARTS) is 1. The van der Waals surface area contributed by atoms with Crippen molar-refractivity contribution >= 4 is 5.97 Å². The Kier molecular flexibility index (Phi) is 3.18. The number of aromatic hydroxyl groups is 1. The van der Waals surface area contributed by atoms with Crippen molar-refractivity contribution in [2.24, 2.45) is 0 Å². The number of rotatable bonds is 3. The van der Waals surface area contributed by atoms with E-state index >= 15 is 0 Å². The molecule has 15 heavy (non-hydrogen) atoms. The van der Waals surface area contributed by atoms with Gasteiger partial charge < -0.3 is 10.2 Å². The molecule has 1 heterocycles. The molecule has 0 aliphatic rings. The van der Waals surface area contributed by atoms with Gasteiger partial charge in [-0.05, 0) is 12.5 Å². The first-order chi connectivity index (χ1) is 6.93. The first-order valence-electron chi connectivity index (χ1n) is 4.10. The number of carboxylic acids is 1. The summed E-state index contributed by atoms with van der Waals surface area (Å²) in [5.74, 6) is -1.57. The van der Waals surface area contributed by atoms with Crippen LogP contribution in [0.1, 0.15) is 23.2 Å². The van der Waals surface area contributed by atoms with Gasteiger partial charge in [-0.25, -0.2) is 8.78 Å². The van der Waals surface area contributed by atoms with Crippen molar-refractivity contribution in [2.75, 3.05) is 0 Å². The van der Waals surface area contributed by atoms with Crippen molar-refractivity contribution in [2.45, 2.75) is 19.8 Å². The third-order valence-electron chi connectivity index (χ3n) is 2.01. The first kappa shape index (κ1) is 11.4. The Morgan fingerprint density at radius 3 is 2.67 bits per heavy atom. The molecule has 2 N–H and O–H groups in total. The van der Waals surface area contributed by atoms with Gasteiger partial charge in [-0.15, -0.1) is 0 Å². The fraction of sp³-hybridized carbons (Fsp3) is 0.333. The van der Waals surface area contributed by atoms with Gasteiger partial charge in [0, 0.05) is 5.56 Å². The van der Waals surface area contributed by atoms with Gasteiger partial charge in [-0.1, -0.05) is 0 Å². The van der Waals surface area contributed by atoms with Crippen LogP contribution < -0.4 is 0 Å². The Hall–Kier alpha value is -1.72. The number of alkyl halides is 2. The van der Waals surface area contributed by atoms with Crippen LogP contribution in [0.2, 0.25) is 0 Å². The molecule has 0 aromatic carbocycles. The van der Waals surface area contributed by atoms with E-state index in [2.05, 4.69) is 4.98 Å². The molecule has 1 aromatic heterocycles. The van der Waals surface area contributed by atoms with Gasteiger partial charge in [-0.3, -0.25) is 9.78 Å². The third-order valence-corrected chi connectivity index (χ3v) is 2.01. The minimum atomic E-state index is -2.78. The van der Waals surface area contributed by atoms with Gasteiger partial charge >= 0.3 is 5.97 Å². The molecule has 1 rings (SSSR count). The summed E-state index contributed by atoms with van der Waals surface area (Å²) >= 11 is 0. The molecule has 0 atom stereocenters. The lowest BCUT2D eigenvalue weighted by Crippen LogP contribution is -2.06. The molecular formula is C9H9F2NO3. The van der Waals surface area contributed by atoms with Crippen LogP contribution in [0.4, 0.5) is 8.78 Å². The van der Waals surface area contributed by atoms with E-state index in [1.807, 2.05) is 0 Å². The monoisotopic (exact) mass is 217 g/mol. The Labute approximate surface area is 84.2 Å². The van der Waals surface area contributed by atoms with E-state index in [1.54, 1.807) is 0 Å². The molecule has 4 nitrogen and oxygen atoms in total. The van der Waals surface area contributed by atoms with Crippen molar-refractivity contribution < 1.29 is 23.8 Å². The summed E-state index contributed by atoms with van der Waals surface area (Å²) in [4.78, 5) is 13.8. The predicted molar refractivity (Wildman–Crippen MR) is 46.9 cm³/mol. The van der Waals surface area contributed by atoms with E-state index in [0.717, 1.165) is 6.20 Å². The van der Waals surface area contributed by atoms with Gasteiger partial charge in [0.15, 0.2) is 0 Å². The molecule has 0 amide bonds. The van der Waals surface area contributed by atoms with Crippen LogP contribution in [0.3, 0.4) is 0 Å². The molecule has 0 aliphatic heterocycles. The highest BCUT2D eigenvalue weighted by Gasteiger charge is 2.19. The zero-order chi connectivity index (χ0) is 11.6. The van der Waals surface area contributed by atoms with Crippen LogP contribution in [-0.4, -0.2) is 21.2 Å². The standard InChI is InChI=1S/C9H9F2NO3/c1-4-5(2-7(14)15)6(13)3-12-8(4)9(10)11/h3,9,13H,2H2,1H3,(H,14,15). The summed E-state index contributed by atoms with van der Waals surface area (Å²) in [7, 11) is 0. The molecule has 0 saturated heterocycles. The van der Waals surface area contributed by atoms with E-state index in [9.17, 15) is 18.7 Å². The number of nitrogens with zero attached hydrogens (tertiary/aromatic N) is 1. The van der Waals surface area contributed by atoms with E-state index < -0.39 is 24.5 Å². The normalized spacial score (nSPS) is 10.7. The molecule has 1 aromatic rings. The highest BCUT2D eigenvalue weighted by Crippen LogP contribution is 2.28. The Bertz CT molecular complexity index is 393. The SMILES string of the molecule is Cc1c(C(F)F)ncc(O)c1CC(=O)O. The number of pyridine rings is 1. The lowest BCUT2D eigenvalue weighted by atomic mass is 10.0. The predicted octanol–water partition coefficient (Wildman–Crippen LogP) is 1.66. The molecule has 0 saturated carbocycles. The molecule has 6 heteroatoms. The second kappa shape index (κ2) is 4.20. The summed E-state index contributed by atoms with van der Waals surface area (Å²) < 4.78 is 24.8. The number of aromatic nitrogens is 1. The molecule has 0 bridgehead atoms. The van der Waals surface area contributed by atoms with Crippen molar-refractivity contribution in [3.05, 3.63) is 23.0 Å². The summed E-state index contributed by atoms with van der Waals surface area (Å²) in [6.07, 6.45) is -2.44.